The molecule has 2 aromatic heterocycles. The van der Waals surface area contributed by atoms with Crippen molar-refractivity contribution >= 4 is 16.7 Å². The Morgan fingerprint density at radius 2 is 1.93 bits per heavy atom. The number of hydrogen-bond donors (Lipinski definition) is 2. The van der Waals surface area contributed by atoms with Crippen LogP contribution in [0.3, 0.4) is 0 Å². The third kappa shape index (κ3) is 3.69. The van der Waals surface area contributed by atoms with Crippen molar-refractivity contribution in [1.82, 2.24) is 24.9 Å². The van der Waals surface area contributed by atoms with Crippen LogP contribution in [-0.2, 0) is 13.1 Å². The molecular formula is C19H23N5O3. The minimum absolute atomic E-state index is 0.169. The van der Waals surface area contributed by atoms with Crippen molar-refractivity contribution in [2.24, 2.45) is 0 Å². The topological polar surface area (TPSA) is 102 Å². The van der Waals surface area contributed by atoms with Gasteiger partial charge in [0, 0.05) is 13.1 Å². The Bertz CT molecular complexity index is 1090. The lowest BCUT2D eigenvalue weighted by atomic mass is 10.1. The molecule has 0 aliphatic rings. The number of aryl methyl sites for hydroxylation is 1. The quantitative estimate of drug-likeness (QED) is 0.687. The van der Waals surface area contributed by atoms with Crippen molar-refractivity contribution in [3.63, 3.8) is 0 Å². The zero-order valence-electron chi connectivity index (χ0n) is 15.7. The number of hydrogen-bond acceptors (Lipinski definition) is 4. The lowest BCUT2D eigenvalue weighted by Crippen LogP contribution is -2.35. The standard InChI is InChI=1S/C19H23N5O3/c1-4-23-16(11-15(21-23)12(2)3)18(26)20-9-10-24-19(27)14-8-6-5-7-13(14)17(25)22-24/h5-8,11-12H,4,9-10H2,1-3H3,(H,20,26)(H,22,25). The van der Waals surface area contributed by atoms with E-state index in [4.69, 9.17) is 0 Å². The van der Waals surface area contributed by atoms with Crippen LogP contribution >= 0.6 is 0 Å². The highest BCUT2D eigenvalue weighted by Crippen LogP contribution is 2.14. The highest BCUT2D eigenvalue weighted by molar-refractivity contribution is 5.92. The van der Waals surface area contributed by atoms with Gasteiger partial charge < -0.3 is 5.32 Å². The summed E-state index contributed by atoms with van der Waals surface area (Å²) < 4.78 is 2.89. The molecule has 1 aromatic carbocycles. The molecule has 142 valence electrons. The van der Waals surface area contributed by atoms with Gasteiger partial charge in [-0.2, -0.15) is 5.10 Å². The number of aromatic amines is 1. The first-order valence-corrected chi connectivity index (χ1v) is 9.00. The first-order chi connectivity index (χ1) is 12.9. The predicted molar refractivity (Wildman–Crippen MR) is 103 cm³/mol. The minimum Gasteiger partial charge on any atom is -0.349 e. The summed E-state index contributed by atoms with van der Waals surface area (Å²) in [5.41, 5.74) is 0.722. The van der Waals surface area contributed by atoms with Crippen LogP contribution < -0.4 is 16.4 Å². The van der Waals surface area contributed by atoms with Gasteiger partial charge in [-0.1, -0.05) is 26.0 Å². The van der Waals surface area contributed by atoms with Crippen LogP contribution in [0.25, 0.3) is 10.8 Å². The van der Waals surface area contributed by atoms with Gasteiger partial charge in [-0.15, -0.1) is 0 Å². The molecule has 0 saturated heterocycles. The molecule has 0 aliphatic heterocycles. The summed E-state index contributed by atoms with van der Waals surface area (Å²) in [4.78, 5) is 37.1. The van der Waals surface area contributed by atoms with Gasteiger partial charge >= 0.3 is 0 Å². The van der Waals surface area contributed by atoms with E-state index in [2.05, 4.69) is 15.5 Å². The molecule has 8 heteroatoms. The van der Waals surface area contributed by atoms with E-state index in [1.54, 1.807) is 35.0 Å². The van der Waals surface area contributed by atoms with Gasteiger partial charge in [-0.05, 0) is 31.0 Å². The molecule has 0 fully saturated rings. The second-order valence-electron chi connectivity index (χ2n) is 6.62. The van der Waals surface area contributed by atoms with E-state index in [-0.39, 0.29) is 36.0 Å². The molecule has 0 unspecified atom stereocenters. The van der Waals surface area contributed by atoms with Gasteiger partial charge in [-0.25, -0.2) is 4.68 Å². The second kappa shape index (κ2) is 7.61. The number of carbonyl (C=O) groups is 1. The number of nitrogens with zero attached hydrogens (tertiary/aromatic N) is 3. The molecule has 0 radical (unpaired) electrons. The molecule has 0 atom stereocenters. The zero-order chi connectivity index (χ0) is 19.6. The van der Waals surface area contributed by atoms with Crippen LogP contribution in [0.15, 0.2) is 39.9 Å². The highest BCUT2D eigenvalue weighted by atomic mass is 16.2. The van der Waals surface area contributed by atoms with Crippen LogP contribution in [0, 0.1) is 0 Å². The fourth-order valence-electron chi connectivity index (χ4n) is 2.92. The monoisotopic (exact) mass is 369 g/mol. The van der Waals surface area contributed by atoms with Crippen LogP contribution in [-0.4, -0.2) is 32.0 Å². The van der Waals surface area contributed by atoms with Crippen LogP contribution in [0.2, 0.25) is 0 Å². The van der Waals surface area contributed by atoms with Crippen molar-refractivity contribution in [2.45, 2.75) is 39.8 Å². The third-order valence-electron chi connectivity index (χ3n) is 4.43. The average molecular weight is 369 g/mol. The Hall–Kier alpha value is -3.16. The summed E-state index contributed by atoms with van der Waals surface area (Å²) in [5.74, 6) is -0.0296. The molecule has 0 aliphatic carbocycles. The van der Waals surface area contributed by atoms with Crippen LogP contribution in [0.4, 0.5) is 0 Å². The lowest BCUT2D eigenvalue weighted by molar-refractivity contribution is 0.0941. The number of amides is 1. The maximum absolute atomic E-state index is 12.5. The van der Waals surface area contributed by atoms with Crippen molar-refractivity contribution in [3.8, 4) is 0 Å². The van der Waals surface area contributed by atoms with Gasteiger partial charge in [0.2, 0.25) is 0 Å². The molecule has 0 saturated carbocycles. The Morgan fingerprint density at radius 3 is 2.59 bits per heavy atom. The van der Waals surface area contributed by atoms with E-state index >= 15 is 0 Å². The zero-order valence-corrected chi connectivity index (χ0v) is 15.7. The molecule has 2 N–H and O–H groups in total. The highest BCUT2D eigenvalue weighted by Gasteiger charge is 2.16. The average Bonchev–Trinajstić information content (AvgIpc) is 3.10. The Kier molecular flexibility index (Phi) is 5.25. The smallest absolute Gasteiger partial charge is 0.273 e. The largest absolute Gasteiger partial charge is 0.349 e. The number of carbonyl (C=O) groups excluding carboxylic acids is 1. The number of aromatic nitrogens is 4. The second-order valence-corrected chi connectivity index (χ2v) is 6.62. The van der Waals surface area contributed by atoms with E-state index in [0.29, 0.717) is 23.0 Å². The fourth-order valence-corrected chi connectivity index (χ4v) is 2.92. The van der Waals surface area contributed by atoms with E-state index < -0.39 is 0 Å². The van der Waals surface area contributed by atoms with E-state index in [1.165, 1.54) is 4.68 Å². The van der Waals surface area contributed by atoms with Crippen molar-refractivity contribution < 1.29 is 4.79 Å². The van der Waals surface area contributed by atoms with E-state index in [0.717, 1.165) is 5.69 Å². The van der Waals surface area contributed by atoms with Crippen molar-refractivity contribution in [1.29, 1.82) is 0 Å². The molecule has 3 rings (SSSR count). The Morgan fingerprint density at radius 1 is 1.22 bits per heavy atom. The maximum atomic E-state index is 12.5. The molecule has 2 heterocycles. The van der Waals surface area contributed by atoms with Gasteiger partial charge in [-0.3, -0.25) is 24.2 Å². The summed E-state index contributed by atoms with van der Waals surface area (Å²) in [6.07, 6.45) is 0. The molecular weight excluding hydrogens is 346 g/mol. The van der Waals surface area contributed by atoms with Gasteiger partial charge in [0.15, 0.2) is 0 Å². The summed E-state index contributed by atoms with van der Waals surface area (Å²) in [5, 5.41) is 10.5. The number of nitrogens with one attached hydrogen (secondary N) is 2. The molecule has 0 spiro atoms. The van der Waals surface area contributed by atoms with Crippen molar-refractivity contribution in [3.05, 3.63) is 62.4 Å². The molecule has 8 nitrogen and oxygen atoms in total. The molecule has 0 bridgehead atoms. The molecule has 27 heavy (non-hydrogen) atoms. The fraction of sp³-hybridized carbons (Fsp3) is 0.368. The maximum Gasteiger partial charge on any atom is 0.273 e. The molecule has 3 aromatic rings. The molecule has 1 amide bonds. The third-order valence-corrected chi connectivity index (χ3v) is 4.43. The lowest BCUT2D eigenvalue weighted by Gasteiger charge is -2.09. The van der Waals surface area contributed by atoms with Gasteiger partial charge in [0.05, 0.1) is 23.0 Å². The minimum atomic E-state index is -0.331. The summed E-state index contributed by atoms with van der Waals surface area (Å²) in [7, 11) is 0. The predicted octanol–water partition coefficient (Wildman–Crippen LogP) is 1.46. The van der Waals surface area contributed by atoms with Crippen LogP contribution in [0.5, 0.6) is 0 Å². The van der Waals surface area contributed by atoms with Crippen molar-refractivity contribution in [2.75, 3.05) is 6.54 Å². The Labute approximate surface area is 155 Å². The SMILES string of the molecule is CCn1nc(C(C)C)cc1C(=O)NCCn1[nH]c(=O)c2ccccc2c1=O. The van der Waals surface area contributed by atoms with Crippen LogP contribution in [0.1, 0.15) is 42.9 Å². The summed E-state index contributed by atoms with van der Waals surface area (Å²) >= 11 is 0. The Balaban J connectivity index is 1.75. The summed E-state index contributed by atoms with van der Waals surface area (Å²) in [6, 6.07) is 8.44. The normalized spacial score (nSPS) is 11.3. The van der Waals surface area contributed by atoms with Gasteiger partial charge in [0.25, 0.3) is 17.0 Å². The first-order valence-electron chi connectivity index (χ1n) is 9.00. The van der Waals surface area contributed by atoms with E-state index in [1.807, 2.05) is 20.8 Å². The first kappa shape index (κ1) is 18.6. The van der Waals surface area contributed by atoms with Gasteiger partial charge in [0.1, 0.15) is 5.69 Å². The summed E-state index contributed by atoms with van der Waals surface area (Å²) in [6.45, 7) is 6.93. The number of fused-ring (bicyclic) bond motifs is 1. The number of rotatable bonds is 6. The van der Waals surface area contributed by atoms with E-state index in [9.17, 15) is 14.4 Å². The number of H-pyrrole nitrogens is 1. The number of benzene rings is 1.